The van der Waals surface area contributed by atoms with Gasteiger partial charge < -0.3 is 19.9 Å². The highest BCUT2D eigenvalue weighted by atomic mass is 19.4. The summed E-state index contributed by atoms with van der Waals surface area (Å²) >= 11 is 0. The van der Waals surface area contributed by atoms with Gasteiger partial charge in [0.05, 0.1) is 26.1 Å². The SMILES string of the molecule is COc1ccc(CCC2=N[C@H](c3ccccc3)[C@H](c3ccccc3)N2)cc1OC.O=C(O)C(F)(F)F. The number of halogens is 3. The number of ether oxygens (including phenoxy) is 2. The lowest BCUT2D eigenvalue weighted by molar-refractivity contribution is -0.192. The summed E-state index contributed by atoms with van der Waals surface area (Å²) < 4.78 is 42.5. The first-order valence-corrected chi connectivity index (χ1v) is 11.2. The average molecular weight is 501 g/mol. The fourth-order valence-electron chi connectivity index (χ4n) is 3.82. The third-order valence-corrected chi connectivity index (χ3v) is 5.57. The molecule has 0 saturated heterocycles. The summed E-state index contributed by atoms with van der Waals surface area (Å²) in [5, 5.41) is 10.8. The Morgan fingerprint density at radius 1 is 0.889 bits per heavy atom. The van der Waals surface area contributed by atoms with E-state index in [0.29, 0.717) is 0 Å². The minimum atomic E-state index is -5.08. The van der Waals surface area contributed by atoms with E-state index in [1.54, 1.807) is 14.2 Å². The van der Waals surface area contributed by atoms with Crippen molar-refractivity contribution < 1.29 is 32.5 Å². The molecule has 0 fully saturated rings. The molecule has 0 radical (unpaired) electrons. The van der Waals surface area contributed by atoms with Crippen molar-refractivity contribution in [1.82, 2.24) is 5.32 Å². The smallest absolute Gasteiger partial charge is 0.490 e. The maximum absolute atomic E-state index is 10.6. The van der Waals surface area contributed by atoms with Gasteiger partial charge >= 0.3 is 12.1 Å². The molecule has 3 aromatic rings. The lowest BCUT2D eigenvalue weighted by Gasteiger charge is -2.19. The number of nitrogens with zero attached hydrogens (tertiary/aromatic N) is 1. The van der Waals surface area contributed by atoms with E-state index in [2.05, 4.69) is 66.0 Å². The second kappa shape index (κ2) is 12.1. The Balaban J connectivity index is 0.000000454. The second-order valence-corrected chi connectivity index (χ2v) is 7.96. The topological polar surface area (TPSA) is 80.1 Å². The van der Waals surface area contributed by atoms with E-state index >= 15 is 0 Å². The van der Waals surface area contributed by atoms with Gasteiger partial charge in [0.1, 0.15) is 6.04 Å². The van der Waals surface area contributed by atoms with Crippen LogP contribution in [-0.4, -0.2) is 37.3 Å². The quantitative estimate of drug-likeness (QED) is 0.432. The van der Waals surface area contributed by atoms with Crippen molar-refractivity contribution in [3.63, 3.8) is 0 Å². The fraction of sp³-hybridized carbons (Fsp3) is 0.259. The van der Waals surface area contributed by atoms with Crippen LogP contribution in [0.4, 0.5) is 13.2 Å². The van der Waals surface area contributed by atoms with Gasteiger partial charge in [-0.1, -0.05) is 66.7 Å². The Labute approximate surface area is 207 Å². The van der Waals surface area contributed by atoms with Gasteiger partial charge in [0, 0.05) is 6.42 Å². The van der Waals surface area contributed by atoms with Crippen LogP contribution in [0.15, 0.2) is 83.9 Å². The standard InChI is InChI=1S/C25H26N2O2.C2HF3O2/c1-28-21-15-13-18(17-22(21)29-2)14-16-23-26-24(19-9-5-3-6-10-19)25(27-23)20-11-7-4-8-12-20;3-2(4,5)1(6)7/h3-13,15,17,24-25H,14,16H2,1-2H3,(H,26,27);(H,6,7)/t24-,25+;. The minimum absolute atomic E-state index is 0.0824. The van der Waals surface area contributed by atoms with Crippen molar-refractivity contribution in [3.05, 3.63) is 95.6 Å². The van der Waals surface area contributed by atoms with Crippen LogP contribution >= 0.6 is 0 Å². The summed E-state index contributed by atoms with van der Waals surface area (Å²) in [4.78, 5) is 14.0. The highest BCUT2D eigenvalue weighted by molar-refractivity contribution is 5.85. The molecular weight excluding hydrogens is 473 g/mol. The van der Waals surface area contributed by atoms with E-state index in [1.165, 1.54) is 16.7 Å². The number of aliphatic imine (C=N–C) groups is 1. The van der Waals surface area contributed by atoms with Crippen molar-refractivity contribution >= 4 is 11.8 Å². The molecule has 3 aromatic carbocycles. The van der Waals surface area contributed by atoms with Crippen LogP contribution < -0.4 is 14.8 Å². The van der Waals surface area contributed by atoms with Gasteiger partial charge in [-0.05, 0) is 35.2 Å². The Bertz CT molecular complexity index is 1170. The zero-order chi connectivity index (χ0) is 26.1. The van der Waals surface area contributed by atoms with Gasteiger partial charge in [-0.3, -0.25) is 4.99 Å². The van der Waals surface area contributed by atoms with Crippen molar-refractivity contribution in [3.8, 4) is 11.5 Å². The first kappa shape index (κ1) is 26.6. The van der Waals surface area contributed by atoms with E-state index in [9.17, 15) is 13.2 Å². The molecule has 4 rings (SSSR count). The van der Waals surface area contributed by atoms with Crippen LogP contribution in [0.3, 0.4) is 0 Å². The maximum Gasteiger partial charge on any atom is 0.490 e. The number of carboxylic acids is 1. The Morgan fingerprint density at radius 2 is 1.44 bits per heavy atom. The lowest BCUT2D eigenvalue weighted by Crippen LogP contribution is -2.24. The molecule has 0 aliphatic carbocycles. The van der Waals surface area contributed by atoms with Crippen LogP contribution in [0.1, 0.15) is 35.2 Å². The lowest BCUT2D eigenvalue weighted by atomic mass is 9.95. The fourth-order valence-corrected chi connectivity index (χ4v) is 3.82. The largest absolute Gasteiger partial charge is 0.493 e. The van der Waals surface area contributed by atoms with Crippen molar-refractivity contribution in [2.45, 2.75) is 31.1 Å². The molecule has 0 unspecified atom stereocenters. The van der Waals surface area contributed by atoms with Crippen molar-refractivity contribution in [2.75, 3.05) is 14.2 Å². The van der Waals surface area contributed by atoms with Crippen LogP contribution in [0.25, 0.3) is 0 Å². The third-order valence-electron chi connectivity index (χ3n) is 5.57. The minimum Gasteiger partial charge on any atom is -0.493 e. The normalized spacial score (nSPS) is 16.8. The van der Waals surface area contributed by atoms with Gasteiger partial charge in [0.15, 0.2) is 11.5 Å². The Kier molecular flexibility index (Phi) is 8.94. The number of aliphatic carboxylic acids is 1. The van der Waals surface area contributed by atoms with Gasteiger partial charge in [0.25, 0.3) is 0 Å². The first-order chi connectivity index (χ1) is 17.2. The molecule has 9 heteroatoms. The Hall–Kier alpha value is -4.01. The van der Waals surface area contributed by atoms with Crippen molar-refractivity contribution in [1.29, 1.82) is 0 Å². The molecule has 1 aliphatic heterocycles. The highest BCUT2D eigenvalue weighted by Crippen LogP contribution is 2.36. The Morgan fingerprint density at radius 3 is 1.97 bits per heavy atom. The van der Waals surface area contributed by atoms with Gasteiger partial charge in [-0.2, -0.15) is 13.2 Å². The summed E-state index contributed by atoms with van der Waals surface area (Å²) in [6.07, 6.45) is -3.35. The number of alkyl halides is 3. The average Bonchev–Trinajstić information content (AvgIpc) is 3.32. The number of carboxylic acid groups (broad SMARTS) is 1. The van der Waals surface area contributed by atoms with Gasteiger partial charge in [-0.15, -0.1) is 0 Å². The number of rotatable bonds is 7. The molecule has 190 valence electrons. The van der Waals surface area contributed by atoms with Crippen LogP contribution in [0, 0.1) is 0 Å². The number of methoxy groups -OCH3 is 2. The maximum atomic E-state index is 10.6. The number of nitrogens with one attached hydrogen (secondary N) is 1. The summed E-state index contributed by atoms with van der Waals surface area (Å²) in [6.45, 7) is 0. The van der Waals surface area contributed by atoms with E-state index in [1.807, 2.05) is 18.2 Å². The molecule has 0 aromatic heterocycles. The molecule has 1 heterocycles. The van der Waals surface area contributed by atoms with E-state index in [4.69, 9.17) is 24.4 Å². The van der Waals surface area contributed by atoms with E-state index in [-0.39, 0.29) is 12.1 Å². The van der Waals surface area contributed by atoms with Gasteiger partial charge in [-0.25, -0.2) is 4.79 Å². The molecule has 0 amide bonds. The summed E-state index contributed by atoms with van der Waals surface area (Å²) in [6, 6.07) is 27.4. The third kappa shape index (κ3) is 7.00. The van der Waals surface area contributed by atoms with Crippen LogP contribution in [0.5, 0.6) is 11.5 Å². The summed E-state index contributed by atoms with van der Waals surface area (Å²) in [5.74, 6) is -0.202. The number of benzene rings is 3. The highest BCUT2D eigenvalue weighted by Gasteiger charge is 2.38. The zero-order valence-corrected chi connectivity index (χ0v) is 19.8. The number of amidine groups is 1. The number of carbonyl (C=O) groups is 1. The second-order valence-electron chi connectivity index (χ2n) is 7.96. The molecule has 0 spiro atoms. The molecule has 6 nitrogen and oxygen atoms in total. The van der Waals surface area contributed by atoms with Crippen LogP contribution in [0.2, 0.25) is 0 Å². The molecule has 2 N–H and O–H groups in total. The predicted octanol–water partition coefficient (Wildman–Crippen LogP) is 5.75. The van der Waals surface area contributed by atoms with E-state index in [0.717, 1.165) is 30.2 Å². The number of aryl methyl sites for hydroxylation is 1. The molecule has 36 heavy (non-hydrogen) atoms. The van der Waals surface area contributed by atoms with Crippen LogP contribution in [-0.2, 0) is 11.2 Å². The molecule has 0 bridgehead atoms. The monoisotopic (exact) mass is 500 g/mol. The summed E-state index contributed by atoms with van der Waals surface area (Å²) in [7, 11) is 3.32. The molecular formula is C27H27F3N2O4. The predicted molar refractivity (Wildman–Crippen MR) is 130 cm³/mol. The number of hydrogen-bond donors (Lipinski definition) is 2. The molecule has 2 atom stereocenters. The first-order valence-electron chi connectivity index (χ1n) is 11.2. The molecule has 1 aliphatic rings. The number of hydrogen-bond acceptors (Lipinski definition) is 5. The van der Waals surface area contributed by atoms with Gasteiger partial charge in [0.2, 0.25) is 0 Å². The summed E-state index contributed by atoms with van der Waals surface area (Å²) in [5.41, 5.74) is 3.69. The molecule has 0 saturated carbocycles. The van der Waals surface area contributed by atoms with Crippen molar-refractivity contribution in [2.24, 2.45) is 4.99 Å². The zero-order valence-electron chi connectivity index (χ0n) is 19.8. The van der Waals surface area contributed by atoms with E-state index < -0.39 is 12.1 Å².